The molecule has 5 rings (SSSR count). The number of thiocarbonyl (C=S) groups is 1. The van der Waals surface area contributed by atoms with Crippen LogP contribution in [0.15, 0.2) is 72.9 Å². The molecule has 4 aromatic rings. The molecule has 0 amide bonds. The molecule has 0 saturated carbocycles. The van der Waals surface area contributed by atoms with Crippen LogP contribution in [0.25, 0.3) is 5.69 Å². The number of benzene rings is 2. The second-order valence-corrected chi connectivity index (χ2v) is 12.1. The van der Waals surface area contributed by atoms with Crippen molar-refractivity contribution in [1.82, 2.24) is 14.9 Å². The van der Waals surface area contributed by atoms with Gasteiger partial charge >= 0.3 is 0 Å². The molecule has 2 aromatic carbocycles. The number of hydrogen-bond donors (Lipinski definition) is 2. The van der Waals surface area contributed by atoms with Gasteiger partial charge in [-0.3, -0.25) is 9.71 Å². The van der Waals surface area contributed by atoms with Gasteiger partial charge in [-0.2, -0.15) is 0 Å². The summed E-state index contributed by atoms with van der Waals surface area (Å²) in [5, 5.41) is 4.13. The molecule has 2 unspecified atom stereocenters. The second kappa shape index (κ2) is 10.5. The van der Waals surface area contributed by atoms with Crippen LogP contribution in [0.3, 0.4) is 0 Å². The van der Waals surface area contributed by atoms with Crippen molar-refractivity contribution in [3.05, 3.63) is 107 Å². The van der Waals surface area contributed by atoms with Crippen LogP contribution in [-0.4, -0.2) is 29.3 Å². The summed E-state index contributed by atoms with van der Waals surface area (Å²) in [4.78, 5) is 6.81. The Morgan fingerprint density at radius 3 is 2.44 bits per heavy atom. The molecule has 0 aliphatic carbocycles. The average molecular weight is 560 g/mol. The molecule has 1 fully saturated rings. The SMILES string of the molecule is CCc1ccccc1-n1c(C)cc(C2C(c3ccccn3)NC(=S)N2c2ccc(NS(C)(=O)=O)c(C)c2)c1C. The van der Waals surface area contributed by atoms with Gasteiger partial charge in [0.2, 0.25) is 10.0 Å². The van der Waals surface area contributed by atoms with Crippen molar-refractivity contribution in [1.29, 1.82) is 0 Å². The van der Waals surface area contributed by atoms with E-state index in [0.717, 1.165) is 46.6 Å². The van der Waals surface area contributed by atoms with Crippen LogP contribution in [0.4, 0.5) is 11.4 Å². The van der Waals surface area contributed by atoms with Crippen molar-refractivity contribution in [2.24, 2.45) is 0 Å². The van der Waals surface area contributed by atoms with Crippen molar-refractivity contribution in [3.8, 4) is 5.69 Å². The second-order valence-electron chi connectivity index (χ2n) is 10.0. The first kappa shape index (κ1) is 26.9. The third-order valence-electron chi connectivity index (χ3n) is 7.28. The monoisotopic (exact) mass is 559 g/mol. The Morgan fingerprint density at radius 1 is 1.03 bits per heavy atom. The molecule has 3 heterocycles. The molecule has 1 saturated heterocycles. The third-order valence-corrected chi connectivity index (χ3v) is 8.19. The van der Waals surface area contributed by atoms with Crippen LogP contribution in [0.5, 0.6) is 0 Å². The van der Waals surface area contributed by atoms with Crippen molar-refractivity contribution in [2.75, 3.05) is 15.9 Å². The predicted octanol–water partition coefficient (Wildman–Crippen LogP) is 5.91. The highest BCUT2D eigenvalue weighted by Gasteiger charge is 2.42. The molecule has 2 N–H and O–H groups in total. The smallest absolute Gasteiger partial charge is 0.229 e. The van der Waals surface area contributed by atoms with Gasteiger partial charge in [0.1, 0.15) is 0 Å². The lowest BCUT2D eigenvalue weighted by atomic mass is 9.96. The topological polar surface area (TPSA) is 79.3 Å². The first-order valence-electron chi connectivity index (χ1n) is 12.9. The maximum atomic E-state index is 11.9. The molecule has 1 aliphatic heterocycles. The van der Waals surface area contributed by atoms with E-state index >= 15 is 0 Å². The third kappa shape index (κ3) is 5.16. The number of para-hydroxylation sites is 1. The number of sulfonamides is 1. The number of nitrogens with one attached hydrogen (secondary N) is 2. The normalized spacial score (nSPS) is 17.4. The number of hydrogen-bond acceptors (Lipinski definition) is 4. The summed E-state index contributed by atoms with van der Waals surface area (Å²) < 4.78 is 28.6. The standard InChI is InChI=1S/C30H33N5O2S2/c1-6-22-11-7-8-13-27(22)34-20(3)18-24(21(34)4)29-28(26-12-9-10-16-31-26)32-30(38)35(29)23-14-15-25(19(2)17-23)33-39(5,36)37/h7-18,28-29,33H,6H2,1-5H3,(H,32,38). The predicted molar refractivity (Wildman–Crippen MR) is 162 cm³/mol. The lowest BCUT2D eigenvalue weighted by Crippen LogP contribution is -2.29. The van der Waals surface area contributed by atoms with Gasteiger partial charge < -0.3 is 14.8 Å². The van der Waals surface area contributed by atoms with Crippen LogP contribution >= 0.6 is 12.2 Å². The summed E-state index contributed by atoms with van der Waals surface area (Å²) in [6.45, 7) is 8.37. The van der Waals surface area contributed by atoms with E-state index in [0.29, 0.717) is 10.8 Å². The zero-order chi connectivity index (χ0) is 27.9. The molecule has 7 nitrogen and oxygen atoms in total. The Kier molecular flexibility index (Phi) is 7.22. The van der Waals surface area contributed by atoms with Gasteiger partial charge in [0.25, 0.3) is 0 Å². The van der Waals surface area contributed by atoms with E-state index in [4.69, 9.17) is 12.2 Å². The molecule has 1 aliphatic rings. The van der Waals surface area contributed by atoms with Gasteiger partial charge in [0.15, 0.2) is 5.11 Å². The van der Waals surface area contributed by atoms with E-state index in [1.807, 2.05) is 37.3 Å². The molecule has 9 heteroatoms. The maximum absolute atomic E-state index is 11.9. The molecule has 0 spiro atoms. The summed E-state index contributed by atoms with van der Waals surface area (Å²) >= 11 is 5.93. The fraction of sp³-hybridized carbons (Fsp3) is 0.267. The van der Waals surface area contributed by atoms with Gasteiger partial charge in [-0.25, -0.2) is 8.42 Å². The first-order chi connectivity index (χ1) is 18.6. The molecule has 39 heavy (non-hydrogen) atoms. The Morgan fingerprint density at radius 2 is 1.77 bits per heavy atom. The fourth-order valence-electron chi connectivity index (χ4n) is 5.55. The summed E-state index contributed by atoms with van der Waals surface area (Å²) in [6.07, 6.45) is 3.89. The Hall–Kier alpha value is -3.69. The Labute approximate surface area is 235 Å². The number of anilines is 2. The Bertz CT molecular complexity index is 1650. The summed E-state index contributed by atoms with van der Waals surface area (Å²) in [6, 6.07) is 22.0. The molecule has 0 bridgehead atoms. The molecule has 2 aromatic heterocycles. The lowest BCUT2D eigenvalue weighted by Gasteiger charge is -2.29. The van der Waals surface area contributed by atoms with E-state index in [1.165, 1.54) is 11.3 Å². The molecule has 2 atom stereocenters. The minimum Gasteiger partial charge on any atom is -0.351 e. The van der Waals surface area contributed by atoms with Crippen molar-refractivity contribution < 1.29 is 8.42 Å². The Balaban J connectivity index is 1.66. The minimum absolute atomic E-state index is 0.172. The van der Waals surface area contributed by atoms with Gasteiger partial charge in [0.05, 0.1) is 29.7 Å². The van der Waals surface area contributed by atoms with Crippen LogP contribution in [0.1, 0.15) is 52.8 Å². The van der Waals surface area contributed by atoms with Crippen molar-refractivity contribution in [3.63, 3.8) is 0 Å². The zero-order valence-corrected chi connectivity index (χ0v) is 24.4. The van der Waals surface area contributed by atoms with Crippen molar-refractivity contribution >= 4 is 38.7 Å². The van der Waals surface area contributed by atoms with E-state index in [9.17, 15) is 8.42 Å². The van der Waals surface area contributed by atoms with E-state index in [-0.39, 0.29) is 12.1 Å². The quantitative estimate of drug-likeness (QED) is 0.274. The number of pyridine rings is 1. The zero-order valence-electron chi connectivity index (χ0n) is 22.8. The first-order valence-corrected chi connectivity index (χ1v) is 15.2. The average Bonchev–Trinajstić information content (AvgIpc) is 3.39. The van der Waals surface area contributed by atoms with E-state index in [2.05, 4.69) is 75.6 Å². The van der Waals surface area contributed by atoms with Crippen LogP contribution in [0, 0.1) is 20.8 Å². The van der Waals surface area contributed by atoms with E-state index < -0.39 is 10.0 Å². The van der Waals surface area contributed by atoms with Crippen LogP contribution in [0.2, 0.25) is 0 Å². The lowest BCUT2D eigenvalue weighted by molar-refractivity contribution is 0.565. The molecule has 202 valence electrons. The number of nitrogens with zero attached hydrogens (tertiary/aromatic N) is 3. The highest BCUT2D eigenvalue weighted by molar-refractivity contribution is 7.92. The highest BCUT2D eigenvalue weighted by Crippen LogP contribution is 2.44. The molecule has 0 radical (unpaired) electrons. The summed E-state index contributed by atoms with van der Waals surface area (Å²) in [5.41, 5.74) is 9.04. The summed E-state index contributed by atoms with van der Waals surface area (Å²) in [5.74, 6) is 0. The molecular formula is C30H33N5O2S2. The number of rotatable bonds is 7. The number of aromatic nitrogens is 2. The van der Waals surface area contributed by atoms with Gasteiger partial charge in [-0.05, 0) is 98.6 Å². The van der Waals surface area contributed by atoms with Crippen molar-refractivity contribution in [2.45, 2.75) is 46.2 Å². The molecular weight excluding hydrogens is 526 g/mol. The van der Waals surface area contributed by atoms with Gasteiger partial charge in [-0.15, -0.1) is 0 Å². The minimum atomic E-state index is -3.39. The fourth-order valence-corrected chi connectivity index (χ4v) is 6.52. The number of aryl methyl sites for hydroxylation is 3. The van der Waals surface area contributed by atoms with Gasteiger partial charge in [0, 0.05) is 29.0 Å². The maximum Gasteiger partial charge on any atom is 0.229 e. The van der Waals surface area contributed by atoms with E-state index in [1.54, 1.807) is 12.3 Å². The largest absolute Gasteiger partial charge is 0.351 e. The van der Waals surface area contributed by atoms with Crippen LogP contribution in [-0.2, 0) is 16.4 Å². The van der Waals surface area contributed by atoms with Crippen LogP contribution < -0.4 is 14.9 Å². The summed E-state index contributed by atoms with van der Waals surface area (Å²) in [7, 11) is -3.39. The highest BCUT2D eigenvalue weighted by atomic mass is 32.2. The van der Waals surface area contributed by atoms with Gasteiger partial charge in [-0.1, -0.05) is 31.2 Å².